The third-order valence-electron chi connectivity index (χ3n) is 2.56. The van der Waals surface area contributed by atoms with Crippen LogP contribution in [0.25, 0.3) is 0 Å². The number of piperidine rings is 1. The summed E-state index contributed by atoms with van der Waals surface area (Å²) in [7, 11) is 0. The van der Waals surface area contributed by atoms with Gasteiger partial charge in [0, 0.05) is 36.0 Å². The molecule has 0 radical (unpaired) electrons. The molecule has 0 aromatic carbocycles. The Morgan fingerprint density at radius 3 is 2.22 bits per heavy atom. The summed E-state index contributed by atoms with van der Waals surface area (Å²) < 4.78 is 2.46. The zero-order chi connectivity index (χ0) is 6.27. The van der Waals surface area contributed by atoms with Crippen LogP contribution in [0.5, 0.6) is 0 Å². The van der Waals surface area contributed by atoms with Crippen molar-refractivity contribution in [1.82, 2.24) is 3.11 Å². The molecule has 0 aromatic heterocycles. The van der Waals surface area contributed by atoms with E-state index in [1.54, 1.807) is 0 Å². The van der Waals surface area contributed by atoms with E-state index in [-0.39, 0.29) is 0 Å². The standard InChI is InChI=1S/C7H12IN/c8-9-4-6-1-2-7(3-6)5-9/h6-7H,1-5H2/t6-,7+. The predicted octanol–water partition coefficient (Wildman–Crippen LogP) is 2.07. The zero-order valence-corrected chi connectivity index (χ0v) is 7.67. The van der Waals surface area contributed by atoms with Crippen LogP contribution in [0, 0.1) is 11.8 Å². The molecule has 0 N–H and O–H groups in total. The maximum atomic E-state index is 2.46. The van der Waals surface area contributed by atoms with Crippen LogP contribution < -0.4 is 0 Å². The smallest absolute Gasteiger partial charge is 0.0201 e. The lowest BCUT2D eigenvalue weighted by atomic mass is 10.0. The molecule has 9 heavy (non-hydrogen) atoms. The average molecular weight is 237 g/mol. The van der Waals surface area contributed by atoms with E-state index in [2.05, 4.69) is 26.0 Å². The summed E-state index contributed by atoms with van der Waals surface area (Å²) >= 11 is 2.46. The van der Waals surface area contributed by atoms with Crippen molar-refractivity contribution in [2.75, 3.05) is 13.1 Å². The summed E-state index contributed by atoms with van der Waals surface area (Å²) in [6, 6.07) is 0. The molecule has 1 aliphatic heterocycles. The molecule has 2 rings (SSSR count). The van der Waals surface area contributed by atoms with Crippen molar-refractivity contribution in [2.45, 2.75) is 19.3 Å². The Kier molecular flexibility index (Phi) is 1.69. The van der Waals surface area contributed by atoms with E-state index < -0.39 is 0 Å². The van der Waals surface area contributed by atoms with E-state index in [0.29, 0.717) is 0 Å². The van der Waals surface area contributed by atoms with Crippen molar-refractivity contribution in [3.63, 3.8) is 0 Å². The second-order valence-electron chi connectivity index (χ2n) is 3.37. The van der Waals surface area contributed by atoms with Gasteiger partial charge >= 0.3 is 0 Å². The van der Waals surface area contributed by atoms with E-state index in [9.17, 15) is 0 Å². The minimum absolute atomic E-state index is 1.06. The highest BCUT2D eigenvalue weighted by atomic mass is 127. The van der Waals surface area contributed by atoms with Crippen molar-refractivity contribution in [3.05, 3.63) is 0 Å². The number of hydrogen-bond donors (Lipinski definition) is 0. The predicted molar refractivity (Wildman–Crippen MR) is 46.4 cm³/mol. The maximum Gasteiger partial charge on any atom is 0.0201 e. The van der Waals surface area contributed by atoms with Crippen molar-refractivity contribution in [3.8, 4) is 0 Å². The van der Waals surface area contributed by atoms with Gasteiger partial charge in [0.2, 0.25) is 0 Å². The summed E-state index contributed by atoms with van der Waals surface area (Å²) in [5.74, 6) is 2.11. The Bertz CT molecular complexity index is 103. The molecule has 1 heterocycles. The maximum absolute atomic E-state index is 2.46. The topological polar surface area (TPSA) is 3.24 Å². The minimum Gasteiger partial charge on any atom is -0.247 e. The van der Waals surface area contributed by atoms with E-state index in [4.69, 9.17) is 0 Å². The Morgan fingerprint density at radius 2 is 1.67 bits per heavy atom. The van der Waals surface area contributed by atoms with Gasteiger partial charge in [-0.05, 0) is 31.1 Å². The van der Waals surface area contributed by atoms with Crippen LogP contribution in [-0.2, 0) is 0 Å². The lowest BCUT2D eigenvalue weighted by Gasteiger charge is -2.25. The van der Waals surface area contributed by atoms with Gasteiger partial charge in [-0.25, -0.2) is 3.11 Å². The minimum atomic E-state index is 1.06. The second-order valence-corrected chi connectivity index (χ2v) is 4.74. The first-order chi connectivity index (χ1) is 4.34. The first-order valence-electron chi connectivity index (χ1n) is 3.75. The molecule has 2 atom stereocenters. The summed E-state index contributed by atoms with van der Waals surface area (Å²) in [6.45, 7) is 2.72. The van der Waals surface area contributed by atoms with Gasteiger partial charge < -0.3 is 0 Å². The summed E-state index contributed by atoms with van der Waals surface area (Å²) in [6.07, 6.45) is 4.54. The molecule has 2 bridgehead atoms. The fourth-order valence-corrected chi connectivity index (χ4v) is 3.26. The Hall–Kier alpha value is 0.690. The highest BCUT2D eigenvalue weighted by molar-refractivity contribution is 14.1. The van der Waals surface area contributed by atoms with Gasteiger partial charge in [-0.2, -0.15) is 0 Å². The molecule has 0 aromatic rings. The molecule has 0 spiro atoms. The van der Waals surface area contributed by atoms with Crippen LogP contribution in [0.3, 0.4) is 0 Å². The van der Waals surface area contributed by atoms with E-state index in [1.165, 1.54) is 32.4 Å². The molecule has 1 nitrogen and oxygen atoms in total. The van der Waals surface area contributed by atoms with Crippen LogP contribution in [0.1, 0.15) is 19.3 Å². The van der Waals surface area contributed by atoms with E-state index >= 15 is 0 Å². The summed E-state index contributed by atoms with van der Waals surface area (Å²) in [4.78, 5) is 0. The Morgan fingerprint density at radius 1 is 1.11 bits per heavy atom. The number of nitrogens with zero attached hydrogens (tertiary/aromatic N) is 1. The third-order valence-corrected chi connectivity index (χ3v) is 3.35. The molecular formula is C7H12IN. The molecule has 0 amide bonds. The lowest BCUT2D eigenvalue weighted by Crippen LogP contribution is -2.28. The van der Waals surface area contributed by atoms with Crippen molar-refractivity contribution in [2.24, 2.45) is 11.8 Å². The van der Waals surface area contributed by atoms with Gasteiger partial charge in [-0.15, -0.1) is 0 Å². The van der Waals surface area contributed by atoms with Gasteiger partial charge in [0.05, 0.1) is 0 Å². The van der Waals surface area contributed by atoms with Gasteiger partial charge in [-0.3, -0.25) is 0 Å². The van der Waals surface area contributed by atoms with Crippen LogP contribution >= 0.6 is 22.9 Å². The monoisotopic (exact) mass is 237 g/mol. The normalized spacial score (nSPS) is 43.7. The fourth-order valence-electron chi connectivity index (χ4n) is 2.15. The van der Waals surface area contributed by atoms with Gasteiger partial charge in [0.25, 0.3) is 0 Å². The number of hydrogen-bond acceptors (Lipinski definition) is 1. The van der Waals surface area contributed by atoms with Gasteiger partial charge in [0.15, 0.2) is 0 Å². The molecule has 52 valence electrons. The van der Waals surface area contributed by atoms with Crippen molar-refractivity contribution >= 4 is 22.9 Å². The molecule has 0 unspecified atom stereocenters. The first-order valence-corrected chi connectivity index (χ1v) is 4.72. The largest absolute Gasteiger partial charge is 0.247 e. The molecular weight excluding hydrogens is 225 g/mol. The van der Waals surface area contributed by atoms with Crippen LogP contribution in [0.4, 0.5) is 0 Å². The third kappa shape index (κ3) is 1.24. The zero-order valence-electron chi connectivity index (χ0n) is 5.52. The number of halogens is 1. The van der Waals surface area contributed by atoms with Crippen LogP contribution in [-0.4, -0.2) is 16.2 Å². The highest BCUT2D eigenvalue weighted by Gasteiger charge is 2.31. The van der Waals surface area contributed by atoms with Crippen LogP contribution in [0.2, 0.25) is 0 Å². The van der Waals surface area contributed by atoms with E-state index in [0.717, 1.165) is 11.8 Å². The summed E-state index contributed by atoms with van der Waals surface area (Å²) in [5, 5.41) is 0. The van der Waals surface area contributed by atoms with E-state index in [1.807, 2.05) is 0 Å². The Balaban J connectivity index is 2.03. The average Bonchev–Trinajstić information content (AvgIpc) is 2.11. The number of fused-ring (bicyclic) bond motifs is 2. The summed E-state index contributed by atoms with van der Waals surface area (Å²) in [5.41, 5.74) is 0. The second kappa shape index (κ2) is 2.38. The van der Waals surface area contributed by atoms with Crippen LogP contribution in [0.15, 0.2) is 0 Å². The first kappa shape index (κ1) is 6.40. The molecule has 1 aliphatic carbocycles. The van der Waals surface area contributed by atoms with Gasteiger partial charge in [0.1, 0.15) is 0 Å². The lowest BCUT2D eigenvalue weighted by molar-refractivity contribution is 0.299. The highest BCUT2D eigenvalue weighted by Crippen LogP contribution is 2.37. The molecule has 2 aliphatic rings. The van der Waals surface area contributed by atoms with Crippen molar-refractivity contribution < 1.29 is 0 Å². The Labute approximate surface area is 70.3 Å². The van der Waals surface area contributed by atoms with Crippen molar-refractivity contribution in [1.29, 1.82) is 0 Å². The van der Waals surface area contributed by atoms with Gasteiger partial charge in [-0.1, -0.05) is 0 Å². The fraction of sp³-hybridized carbons (Fsp3) is 1.00. The molecule has 1 saturated heterocycles. The molecule has 2 fully saturated rings. The molecule has 1 saturated carbocycles. The SMILES string of the molecule is IN1C[C@@H]2CC[C@@H](C2)C1. The molecule has 2 heteroatoms. The number of rotatable bonds is 0. The quantitative estimate of drug-likeness (QED) is 0.460.